The summed E-state index contributed by atoms with van der Waals surface area (Å²) in [5.41, 5.74) is 5.40. The Bertz CT molecular complexity index is 173. The van der Waals surface area contributed by atoms with Gasteiger partial charge in [-0.15, -0.1) is 0 Å². The summed E-state index contributed by atoms with van der Waals surface area (Å²) in [6.07, 6.45) is -1.24. The zero-order valence-corrected chi connectivity index (χ0v) is 6.00. The van der Waals surface area contributed by atoms with Crippen LogP contribution >= 0.6 is 0 Å². The van der Waals surface area contributed by atoms with E-state index in [4.69, 9.17) is 20.5 Å². The Balaban J connectivity index is 2.63. The predicted molar refractivity (Wildman–Crippen MR) is 33.6 cm³/mol. The molecule has 1 heterocycles. The molecule has 0 spiro atoms. The average molecular weight is 142 g/mol. The summed E-state index contributed by atoms with van der Waals surface area (Å²) in [6, 6.07) is 1.90. The third kappa shape index (κ3) is 1.27. The lowest BCUT2D eigenvalue weighted by molar-refractivity contribution is -0.141. The van der Waals surface area contributed by atoms with Crippen molar-refractivity contribution in [2.75, 3.05) is 0 Å². The Morgan fingerprint density at radius 3 is 2.30 bits per heavy atom. The van der Waals surface area contributed by atoms with Crippen molar-refractivity contribution in [2.45, 2.75) is 32.0 Å². The number of nitriles is 1. The fourth-order valence-electron chi connectivity index (χ4n) is 0.890. The van der Waals surface area contributed by atoms with Crippen LogP contribution in [0.3, 0.4) is 0 Å². The zero-order chi connectivity index (χ0) is 7.78. The molecule has 0 saturated carbocycles. The molecule has 1 aliphatic heterocycles. The summed E-state index contributed by atoms with van der Waals surface area (Å²) >= 11 is 0. The fourth-order valence-corrected chi connectivity index (χ4v) is 0.890. The molecule has 1 fully saturated rings. The Labute approximate surface area is 59.5 Å². The minimum atomic E-state index is -0.709. The van der Waals surface area contributed by atoms with E-state index in [1.54, 1.807) is 13.8 Å². The van der Waals surface area contributed by atoms with Crippen molar-refractivity contribution in [1.82, 2.24) is 0 Å². The van der Waals surface area contributed by atoms with Gasteiger partial charge in [-0.05, 0) is 13.8 Å². The quantitative estimate of drug-likeness (QED) is 0.514. The highest BCUT2D eigenvalue weighted by Gasteiger charge is 2.39. The van der Waals surface area contributed by atoms with E-state index in [2.05, 4.69) is 0 Å². The van der Waals surface area contributed by atoms with Gasteiger partial charge in [-0.3, -0.25) is 0 Å². The highest BCUT2D eigenvalue weighted by molar-refractivity contribution is 4.93. The second-order valence-corrected chi connectivity index (χ2v) is 2.65. The first kappa shape index (κ1) is 7.48. The van der Waals surface area contributed by atoms with Gasteiger partial charge in [-0.25, -0.2) is 0 Å². The van der Waals surface area contributed by atoms with Gasteiger partial charge < -0.3 is 15.2 Å². The zero-order valence-electron chi connectivity index (χ0n) is 6.00. The van der Waals surface area contributed by atoms with Gasteiger partial charge in [-0.1, -0.05) is 0 Å². The molecule has 10 heavy (non-hydrogen) atoms. The second-order valence-electron chi connectivity index (χ2n) is 2.65. The van der Waals surface area contributed by atoms with Crippen molar-refractivity contribution >= 4 is 0 Å². The largest absolute Gasteiger partial charge is 0.329 e. The predicted octanol–water partition coefficient (Wildman–Crippen LogP) is -0.0537. The van der Waals surface area contributed by atoms with E-state index in [0.29, 0.717) is 0 Å². The summed E-state index contributed by atoms with van der Waals surface area (Å²) in [7, 11) is 0. The van der Waals surface area contributed by atoms with E-state index in [0.717, 1.165) is 0 Å². The highest BCUT2D eigenvalue weighted by Crippen LogP contribution is 2.24. The maximum Gasteiger partial charge on any atom is 0.186 e. The molecule has 0 bridgehead atoms. The first-order valence-corrected chi connectivity index (χ1v) is 3.06. The molecule has 1 saturated heterocycles. The maximum atomic E-state index is 8.43. The molecule has 2 N–H and O–H groups in total. The minimum absolute atomic E-state index is 0.611. The number of hydrogen-bond donors (Lipinski definition) is 1. The third-order valence-corrected chi connectivity index (χ3v) is 1.26. The molecule has 0 aromatic carbocycles. The van der Waals surface area contributed by atoms with Crippen LogP contribution in [0.1, 0.15) is 13.8 Å². The van der Waals surface area contributed by atoms with Crippen LogP contribution in [-0.2, 0) is 9.47 Å². The van der Waals surface area contributed by atoms with Crippen LogP contribution < -0.4 is 5.73 Å². The van der Waals surface area contributed by atoms with Gasteiger partial charge in [0, 0.05) is 0 Å². The monoisotopic (exact) mass is 142 g/mol. The molecule has 0 amide bonds. The van der Waals surface area contributed by atoms with Crippen LogP contribution in [0, 0.1) is 11.3 Å². The first-order valence-electron chi connectivity index (χ1n) is 3.06. The van der Waals surface area contributed by atoms with Crippen LogP contribution in [0.4, 0.5) is 0 Å². The molecule has 56 valence electrons. The van der Waals surface area contributed by atoms with Gasteiger partial charge in [0.05, 0.1) is 6.07 Å². The van der Waals surface area contributed by atoms with Gasteiger partial charge in [0.25, 0.3) is 0 Å². The van der Waals surface area contributed by atoms with Crippen molar-refractivity contribution in [2.24, 2.45) is 5.73 Å². The Morgan fingerprint density at radius 2 is 2.10 bits per heavy atom. The smallest absolute Gasteiger partial charge is 0.186 e. The topological polar surface area (TPSA) is 68.3 Å². The van der Waals surface area contributed by atoms with Crippen molar-refractivity contribution < 1.29 is 9.47 Å². The maximum absolute atomic E-state index is 8.43. The molecule has 0 aromatic rings. The molecule has 2 atom stereocenters. The Hall–Kier alpha value is -0.630. The SMILES string of the molecule is CC1(C)OC(N)C(C#N)O1. The van der Waals surface area contributed by atoms with E-state index in [1.807, 2.05) is 6.07 Å². The Morgan fingerprint density at radius 1 is 1.50 bits per heavy atom. The van der Waals surface area contributed by atoms with Crippen LogP contribution in [0.5, 0.6) is 0 Å². The van der Waals surface area contributed by atoms with Gasteiger partial charge in [0.1, 0.15) is 6.23 Å². The molecule has 4 heteroatoms. The van der Waals surface area contributed by atoms with Gasteiger partial charge in [-0.2, -0.15) is 5.26 Å². The molecule has 2 unspecified atom stereocenters. The van der Waals surface area contributed by atoms with Crippen molar-refractivity contribution in [1.29, 1.82) is 5.26 Å². The molecule has 1 aliphatic rings. The van der Waals surface area contributed by atoms with Gasteiger partial charge in [0.15, 0.2) is 11.9 Å². The lowest BCUT2D eigenvalue weighted by Gasteiger charge is -2.14. The number of rotatable bonds is 0. The number of nitrogens with two attached hydrogens (primary N) is 1. The summed E-state index contributed by atoms with van der Waals surface area (Å²) in [5.74, 6) is -0.709. The highest BCUT2D eigenvalue weighted by atomic mass is 16.8. The molecule has 1 rings (SSSR count). The molecular formula is C6H10N2O2. The van der Waals surface area contributed by atoms with Crippen molar-refractivity contribution in [3.05, 3.63) is 0 Å². The number of ether oxygens (including phenoxy) is 2. The molecule has 0 aliphatic carbocycles. The summed E-state index contributed by atoms with van der Waals surface area (Å²) in [5, 5.41) is 8.43. The van der Waals surface area contributed by atoms with Gasteiger partial charge >= 0.3 is 0 Å². The fraction of sp³-hybridized carbons (Fsp3) is 0.833. The average Bonchev–Trinajstić information content (AvgIpc) is 2.05. The van der Waals surface area contributed by atoms with E-state index in [1.165, 1.54) is 0 Å². The lowest BCUT2D eigenvalue weighted by Crippen LogP contribution is -2.30. The lowest BCUT2D eigenvalue weighted by atomic mass is 10.4. The molecule has 0 aromatic heterocycles. The Kier molecular flexibility index (Phi) is 1.65. The second kappa shape index (κ2) is 2.20. The summed E-state index contributed by atoms with van der Waals surface area (Å²) < 4.78 is 10.2. The number of nitrogens with zero attached hydrogens (tertiary/aromatic N) is 1. The van der Waals surface area contributed by atoms with Gasteiger partial charge in [0.2, 0.25) is 0 Å². The number of hydrogen-bond acceptors (Lipinski definition) is 4. The summed E-state index contributed by atoms with van der Waals surface area (Å²) in [6.45, 7) is 3.45. The minimum Gasteiger partial charge on any atom is -0.329 e. The summed E-state index contributed by atoms with van der Waals surface area (Å²) in [4.78, 5) is 0. The van der Waals surface area contributed by atoms with Crippen LogP contribution in [0.25, 0.3) is 0 Å². The molecular weight excluding hydrogens is 132 g/mol. The van der Waals surface area contributed by atoms with Crippen LogP contribution in [0.2, 0.25) is 0 Å². The van der Waals surface area contributed by atoms with Crippen LogP contribution in [0.15, 0.2) is 0 Å². The standard InChI is InChI=1S/C6H10N2O2/c1-6(2)9-4(3-7)5(8)10-6/h4-5H,8H2,1-2H3. The first-order chi connectivity index (χ1) is 4.55. The van der Waals surface area contributed by atoms with E-state index in [-0.39, 0.29) is 0 Å². The van der Waals surface area contributed by atoms with E-state index in [9.17, 15) is 0 Å². The van der Waals surface area contributed by atoms with Crippen molar-refractivity contribution in [3.63, 3.8) is 0 Å². The normalized spacial score (nSPS) is 37.4. The van der Waals surface area contributed by atoms with E-state index >= 15 is 0 Å². The third-order valence-electron chi connectivity index (χ3n) is 1.26. The van der Waals surface area contributed by atoms with Crippen molar-refractivity contribution in [3.8, 4) is 6.07 Å². The van der Waals surface area contributed by atoms with Crippen LogP contribution in [-0.4, -0.2) is 18.1 Å². The van der Waals surface area contributed by atoms with E-state index < -0.39 is 18.1 Å². The molecule has 0 radical (unpaired) electrons. The molecule has 4 nitrogen and oxygen atoms in total.